The molecule has 0 spiro atoms. The van der Waals surface area contributed by atoms with Crippen molar-refractivity contribution in [3.63, 3.8) is 0 Å². The number of fused-ring (bicyclic) bond motifs is 2. The summed E-state index contributed by atoms with van der Waals surface area (Å²) in [5.74, 6) is -0.441. The number of nitrogens with zero attached hydrogens (tertiary/aromatic N) is 3. The summed E-state index contributed by atoms with van der Waals surface area (Å²) in [4.78, 5) is 3.18. The van der Waals surface area contributed by atoms with Gasteiger partial charge in [0.2, 0.25) is 0 Å². The highest BCUT2D eigenvalue weighted by atomic mass is 35.5. The maximum Gasteiger partial charge on any atom is 0.153 e. The van der Waals surface area contributed by atoms with Crippen molar-refractivity contribution in [1.82, 2.24) is 15.0 Å². The van der Waals surface area contributed by atoms with Crippen LogP contribution in [0.1, 0.15) is 0 Å². The van der Waals surface area contributed by atoms with E-state index in [0.29, 0.717) is 22.2 Å². The summed E-state index contributed by atoms with van der Waals surface area (Å²) in [6.07, 6.45) is 0. The number of thiophene rings is 3. The van der Waals surface area contributed by atoms with Gasteiger partial charge < -0.3 is 0 Å². The zero-order valence-electron chi connectivity index (χ0n) is 12.8. The van der Waals surface area contributed by atoms with Crippen LogP contribution in [0, 0.1) is 5.82 Å². The summed E-state index contributed by atoms with van der Waals surface area (Å²) in [5, 5.41) is 13.0. The van der Waals surface area contributed by atoms with Gasteiger partial charge >= 0.3 is 0 Å². The highest BCUT2D eigenvalue weighted by molar-refractivity contribution is 7.28. The number of aryl methyl sites for hydroxylation is 1. The zero-order valence-corrected chi connectivity index (χ0v) is 16.0. The van der Waals surface area contributed by atoms with Gasteiger partial charge in [-0.25, -0.2) is 4.39 Å². The fraction of sp³-hybridized carbons (Fsp3) is 0.0588. The summed E-state index contributed by atoms with van der Waals surface area (Å²) in [7, 11) is 1.74. The van der Waals surface area contributed by atoms with Crippen LogP contribution in [0.3, 0.4) is 0 Å². The molecule has 124 valence electrons. The Hall–Kier alpha value is -1.80. The molecular weight excluding hydrogens is 397 g/mol. The van der Waals surface area contributed by atoms with Crippen LogP contribution >= 0.6 is 45.6 Å². The SMILES string of the molecule is Cn1nc2c(-c3cccs3)c(F)c(Cl)c(-c3cc4sccc4s3)c2n1. The summed E-state index contributed by atoms with van der Waals surface area (Å²) in [6, 6.07) is 7.86. The van der Waals surface area contributed by atoms with Crippen LogP contribution in [0.5, 0.6) is 0 Å². The number of aromatic nitrogens is 3. The predicted octanol–water partition coefficient (Wildman–Crippen LogP) is 6.43. The monoisotopic (exact) mass is 405 g/mol. The molecule has 1 aromatic carbocycles. The van der Waals surface area contributed by atoms with E-state index >= 15 is 4.39 Å². The molecule has 5 aromatic rings. The molecule has 4 heterocycles. The molecule has 0 aliphatic carbocycles. The second kappa shape index (κ2) is 5.60. The number of hydrogen-bond acceptors (Lipinski definition) is 5. The van der Waals surface area contributed by atoms with Crippen LogP contribution in [0.4, 0.5) is 4.39 Å². The summed E-state index contributed by atoms with van der Waals surface area (Å²) in [5.41, 5.74) is 2.21. The van der Waals surface area contributed by atoms with E-state index < -0.39 is 5.82 Å². The predicted molar refractivity (Wildman–Crippen MR) is 105 cm³/mol. The minimum Gasteiger partial charge on any atom is -0.205 e. The van der Waals surface area contributed by atoms with Crippen molar-refractivity contribution in [1.29, 1.82) is 0 Å². The lowest BCUT2D eigenvalue weighted by Gasteiger charge is -2.08. The molecule has 8 heteroatoms. The van der Waals surface area contributed by atoms with E-state index in [-0.39, 0.29) is 5.02 Å². The van der Waals surface area contributed by atoms with Crippen LogP contribution in [-0.4, -0.2) is 15.0 Å². The van der Waals surface area contributed by atoms with Gasteiger partial charge in [-0.2, -0.15) is 15.0 Å². The first-order chi connectivity index (χ1) is 12.1. The Morgan fingerprint density at radius 1 is 1.00 bits per heavy atom. The Balaban J connectivity index is 1.90. The molecule has 5 rings (SSSR count). The third-order valence-corrected chi connectivity index (χ3v) is 7.33. The van der Waals surface area contributed by atoms with Crippen LogP contribution in [0.25, 0.3) is 41.3 Å². The Bertz CT molecular complexity index is 1210. The Labute approximate surface area is 158 Å². The molecule has 0 N–H and O–H groups in total. The molecule has 0 aliphatic rings. The maximum absolute atomic E-state index is 15.2. The normalized spacial score (nSPS) is 11.8. The van der Waals surface area contributed by atoms with Crippen molar-refractivity contribution in [2.75, 3.05) is 0 Å². The first kappa shape index (κ1) is 15.5. The van der Waals surface area contributed by atoms with Gasteiger partial charge in [0.05, 0.1) is 10.6 Å². The third kappa shape index (κ3) is 2.27. The van der Waals surface area contributed by atoms with Crippen molar-refractivity contribution >= 4 is 66.0 Å². The average Bonchev–Trinajstić information content (AvgIpc) is 3.31. The quantitative estimate of drug-likeness (QED) is 0.338. The molecule has 0 bridgehead atoms. The first-order valence-corrected chi connectivity index (χ1v) is 10.3. The Kier molecular flexibility index (Phi) is 3.46. The number of benzene rings is 1. The minimum absolute atomic E-state index is 0.102. The van der Waals surface area contributed by atoms with Crippen molar-refractivity contribution in [3.05, 3.63) is 45.9 Å². The van der Waals surface area contributed by atoms with Gasteiger partial charge in [-0.15, -0.1) is 34.0 Å². The van der Waals surface area contributed by atoms with Crippen LogP contribution < -0.4 is 0 Å². The molecule has 25 heavy (non-hydrogen) atoms. The Morgan fingerprint density at radius 3 is 2.52 bits per heavy atom. The molecule has 3 nitrogen and oxygen atoms in total. The van der Waals surface area contributed by atoms with Gasteiger partial charge in [0.1, 0.15) is 11.0 Å². The fourth-order valence-electron chi connectivity index (χ4n) is 2.93. The molecular formula is C17H9ClFN3S3. The highest BCUT2D eigenvalue weighted by Gasteiger charge is 2.25. The third-order valence-electron chi connectivity index (χ3n) is 3.97. The van der Waals surface area contributed by atoms with Gasteiger partial charge in [-0.05, 0) is 29.0 Å². The standard InChI is InChI=1S/C17H9ClFN3S3/c1-22-20-16-12(11-7-10-8(25-11)4-6-24-10)14(18)15(19)13(17(16)21-22)9-3-2-5-23-9/h2-7H,1H3. The molecule has 0 saturated carbocycles. The van der Waals surface area contributed by atoms with Crippen LogP contribution in [-0.2, 0) is 7.05 Å². The average molecular weight is 406 g/mol. The fourth-order valence-corrected chi connectivity index (χ4v) is 6.20. The molecule has 0 saturated heterocycles. The second-order valence-electron chi connectivity index (χ2n) is 5.50. The second-order valence-corrected chi connectivity index (χ2v) is 8.86. The lowest BCUT2D eigenvalue weighted by Crippen LogP contribution is -1.91. The lowest BCUT2D eigenvalue weighted by molar-refractivity contribution is 0.633. The van der Waals surface area contributed by atoms with Crippen LogP contribution in [0.15, 0.2) is 35.0 Å². The van der Waals surface area contributed by atoms with E-state index in [2.05, 4.69) is 16.3 Å². The molecule has 0 aliphatic heterocycles. The first-order valence-electron chi connectivity index (χ1n) is 7.36. The minimum atomic E-state index is -0.441. The molecule has 0 radical (unpaired) electrons. The maximum atomic E-state index is 15.2. The van der Waals surface area contributed by atoms with E-state index in [4.69, 9.17) is 11.6 Å². The zero-order chi connectivity index (χ0) is 17.1. The van der Waals surface area contributed by atoms with E-state index in [1.165, 1.54) is 16.1 Å². The Morgan fingerprint density at radius 2 is 1.80 bits per heavy atom. The lowest BCUT2D eigenvalue weighted by atomic mass is 10.0. The van der Waals surface area contributed by atoms with E-state index in [0.717, 1.165) is 19.2 Å². The van der Waals surface area contributed by atoms with Crippen molar-refractivity contribution in [3.8, 4) is 20.9 Å². The van der Waals surface area contributed by atoms with E-state index in [9.17, 15) is 0 Å². The van der Waals surface area contributed by atoms with Gasteiger partial charge in [-0.1, -0.05) is 17.7 Å². The summed E-state index contributed by atoms with van der Waals surface area (Å²) in [6.45, 7) is 0. The van der Waals surface area contributed by atoms with Crippen LogP contribution in [0.2, 0.25) is 5.02 Å². The highest BCUT2D eigenvalue weighted by Crippen LogP contribution is 2.46. The topological polar surface area (TPSA) is 30.7 Å². The molecule has 0 fully saturated rings. The van der Waals surface area contributed by atoms with Crippen molar-refractivity contribution in [2.45, 2.75) is 0 Å². The summed E-state index contributed by atoms with van der Waals surface area (Å²) < 4.78 is 17.6. The molecule has 0 atom stereocenters. The number of rotatable bonds is 2. The summed E-state index contributed by atoms with van der Waals surface area (Å²) >= 11 is 11.2. The van der Waals surface area contributed by atoms with Gasteiger partial charge in [-0.3, -0.25) is 0 Å². The van der Waals surface area contributed by atoms with Gasteiger partial charge in [0, 0.05) is 31.8 Å². The van der Waals surface area contributed by atoms with Crippen molar-refractivity contribution < 1.29 is 4.39 Å². The largest absolute Gasteiger partial charge is 0.205 e. The van der Waals surface area contributed by atoms with E-state index in [1.807, 2.05) is 29.0 Å². The van der Waals surface area contributed by atoms with Gasteiger partial charge in [0.15, 0.2) is 5.82 Å². The van der Waals surface area contributed by atoms with E-state index in [1.54, 1.807) is 29.7 Å². The molecule has 0 unspecified atom stereocenters. The number of hydrogen-bond donors (Lipinski definition) is 0. The van der Waals surface area contributed by atoms with Crippen molar-refractivity contribution in [2.24, 2.45) is 7.05 Å². The smallest absolute Gasteiger partial charge is 0.153 e. The number of halogens is 2. The van der Waals surface area contributed by atoms with Gasteiger partial charge in [0.25, 0.3) is 0 Å². The molecule has 0 amide bonds. The molecule has 4 aromatic heterocycles.